The molecule has 3 aromatic rings. The van der Waals surface area contributed by atoms with E-state index < -0.39 is 0 Å². The van der Waals surface area contributed by atoms with E-state index in [0.717, 1.165) is 44.0 Å². The first kappa shape index (κ1) is 21.6. The van der Waals surface area contributed by atoms with Crippen LogP contribution in [-0.4, -0.2) is 46.7 Å². The number of methoxy groups -OCH3 is 1. The van der Waals surface area contributed by atoms with Gasteiger partial charge < -0.3 is 4.74 Å². The van der Waals surface area contributed by atoms with Crippen LogP contribution in [0.2, 0.25) is 0 Å². The fourth-order valence-corrected chi connectivity index (χ4v) is 4.40. The lowest BCUT2D eigenvalue weighted by atomic mass is 9.92. The van der Waals surface area contributed by atoms with E-state index >= 15 is 0 Å². The second-order valence-corrected chi connectivity index (χ2v) is 8.53. The van der Waals surface area contributed by atoms with E-state index in [-0.39, 0.29) is 0 Å². The molecule has 0 N–H and O–H groups in total. The standard InChI is InChI=1S/C26H32N4O/c1-20-13-22(14-21-7-4-3-5-8-21)15-25(29-20)24-9-6-11-30(19-24)18-23-16-27-26(28-17-23)10-12-31-2/h3-5,7-8,13,15-17,24H,6,9-12,14,18-19H2,1-2H3/t24-/m0/s1. The Morgan fingerprint density at radius 3 is 2.61 bits per heavy atom. The van der Waals surface area contributed by atoms with Crippen LogP contribution >= 0.6 is 0 Å². The molecule has 1 atom stereocenters. The molecule has 1 fully saturated rings. The normalized spacial score (nSPS) is 17.0. The first-order chi connectivity index (χ1) is 15.2. The maximum Gasteiger partial charge on any atom is 0.130 e. The van der Waals surface area contributed by atoms with Crippen molar-refractivity contribution in [2.75, 3.05) is 26.8 Å². The van der Waals surface area contributed by atoms with Gasteiger partial charge in [-0.25, -0.2) is 9.97 Å². The van der Waals surface area contributed by atoms with Gasteiger partial charge in [-0.3, -0.25) is 9.88 Å². The van der Waals surface area contributed by atoms with Gasteiger partial charge in [0.05, 0.1) is 6.61 Å². The summed E-state index contributed by atoms with van der Waals surface area (Å²) in [6.45, 7) is 5.81. The van der Waals surface area contributed by atoms with Gasteiger partial charge in [-0.05, 0) is 56.0 Å². The smallest absolute Gasteiger partial charge is 0.130 e. The summed E-state index contributed by atoms with van der Waals surface area (Å²) in [7, 11) is 1.70. The quantitative estimate of drug-likeness (QED) is 0.547. The van der Waals surface area contributed by atoms with Crippen LogP contribution in [0.15, 0.2) is 54.9 Å². The predicted molar refractivity (Wildman–Crippen MR) is 123 cm³/mol. The lowest BCUT2D eigenvalue weighted by Crippen LogP contribution is -2.34. The molecule has 0 spiro atoms. The van der Waals surface area contributed by atoms with E-state index in [9.17, 15) is 0 Å². The summed E-state index contributed by atoms with van der Waals surface area (Å²) in [5, 5.41) is 0. The molecule has 0 saturated carbocycles. The van der Waals surface area contributed by atoms with E-state index in [0.29, 0.717) is 12.5 Å². The second-order valence-electron chi connectivity index (χ2n) is 8.53. The SMILES string of the molecule is COCCc1ncc(CN2CCC[C@H](c3cc(Cc4ccccc4)cc(C)n3)C2)cn1. The third-order valence-corrected chi connectivity index (χ3v) is 5.90. The number of rotatable bonds is 8. The zero-order chi connectivity index (χ0) is 21.5. The molecular weight excluding hydrogens is 384 g/mol. The molecule has 1 aliphatic rings. The predicted octanol–water partition coefficient (Wildman–Crippen LogP) is 4.34. The minimum Gasteiger partial charge on any atom is -0.384 e. The highest BCUT2D eigenvalue weighted by Gasteiger charge is 2.23. The van der Waals surface area contributed by atoms with Crippen LogP contribution < -0.4 is 0 Å². The summed E-state index contributed by atoms with van der Waals surface area (Å²) in [6, 6.07) is 15.2. The molecule has 31 heavy (non-hydrogen) atoms. The van der Waals surface area contributed by atoms with Gasteiger partial charge in [0.1, 0.15) is 5.82 Å². The van der Waals surface area contributed by atoms with Crippen molar-refractivity contribution >= 4 is 0 Å². The maximum absolute atomic E-state index is 5.11. The highest BCUT2D eigenvalue weighted by Crippen LogP contribution is 2.28. The van der Waals surface area contributed by atoms with Gasteiger partial charge in [0.15, 0.2) is 0 Å². The van der Waals surface area contributed by atoms with Crippen LogP contribution in [0.5, 0.6) is 0 Å². The topological polar surface area (TPSA) is 51.1 Å². The minimum absolute atomic E-state index is 0.477. The number of aryl methyl sites for hydroxylation is 1. The molecule has 4 rings (SSSR count). The molecule has 2 aromatic heterocycles. The van der Waals surface area contributed by atoms with Crippen molar-refractivity contribution in [1.82, 2.24) is 19.9 Å². The summed E-state index contributed by atoms with van der Waals surface area (Å²) in [6.07, 6.45) is 8.04. The van der Waals surface area contributed by atoms with E-state index in [2.05, 4.69) is 64.3 Å². The highest BCUT2D eigenvalue weighted by molar-refractivity contribution is 5.30. The molecule has 162 valence electrons. The Labute approximate surface area is 185 Å². The van der Waals surface area contributed by atoms with Crippen molar-refractivity contribution in [3.05, 3.63) is 88.8 Å². The summed E-state index contributed by atoms with van der Waals surface area (Å²) >= 11 is 0. The Balaban J connectivity index is 1.41. The first-order valence-electron chi connectivity index (χ1n) is 11.2. The second kappa shape index (κ2) is 10.6. The average Bonchev–Trinajstić information content (AvgIpc) is 2.79. The van der Waals surface area contributed by atoms with Crippen LogP contribution in [0.3, 0.4) is 0 Å². The van der Waals surface area contributed by atoms with Crippen molar-refractivity contribution in [3.63, 3.8) is 0 Å². The molecule has 3 heterocycles. The first-order valence-corrected chi connectivity index (χ1v) is 11.2. The van der Waals surface area contributed by atoms with Gasteiger partial charge in [-0.15, -0.1) is 0 Å². The fraction of sp³-hybridized carbons (Fsp3) is 0.423. The Kier molecular flexibility index (Phi) is 7.39. The van der Waals surface area contributed by atoms with E-state index in [1.54, 1.807) is 7.11 Å². The van der Waals surface area contributed by atoms with Gasteiger partial charge in [0.2, 0.25) is 0 Å². The van der Waals surface area contributed by atoms with E-state index in [1.165, 1.54) is 35.2 Å². The van der Waals surface area contributed by atoms with Crippen LogP contribution in [0, 0.1) is 6.92 Å². The molecule has 1 saturated heterocycles. The van der Waals surface area contributed by atoms with Crippen LogP contribution in [0.1, 0.15) is 52.7 Å². The summed E-state index contributed by atoms with van der Waals surface area (Å²) < 4.78 is 5.11. The Morgan fingerprint density at radius 1 is 1.03 bits per heavy atom. The summed E-state index contributed by atoms with van der Waals surface area (Å²) in [5.74, 6) is 1.32. The van der Waals surface area contributed by atoms with E-state index in [1.807, 2.05) is 12.4 Å². The monoisotopic (exact) mass is 416 g/mol. The van der Waals surface area contributed by atoms with Gasteiger partial charge in [0, 0.05) is 61.9 Å². The third kappa shape index (κ3) is 6.18. The highest BCUT2D eigenvalue weighted by atomic mass is 16.5. The van der Waals surface area contributed by atoms with Gasteiger partial charge in [0.25, 0.3) is 0 Å². The number of piperidine rings is 1. The lowest BCUT2D eigenvalue weighted by Gasteiger charge is -2.32. The van der Waals surface area contributed by atoms with Crippen molar-refractivity contribution in [2.24, 2.45) is 0 Å². The number of nitrogens with zero attached hydrogens (tertiary/aromatic N) is 4. The summed E-state index contributed by atoms with van der Waals surface area (Å²) in [5.41, 5.74) is 6.22. The summed E-state index contributed by atoms with van der Waals surface area (Å²) in [4.78, 5) is 16.4. The van der Waals surface area contributed by atoms with Crippen LogP contribution in [-0.2, 0) is 24.1 Å². The number of likely N-dealkylation sites (tertiary alicyclic amines) is 1. The zero-order valence-corrected chi connectivity index (χ0v) is 18.6. The van der Waals surface area contributed by atoms with E-state index in [4.69, 9.17) is 9.72 Å². The number of aromatic nitrogens is 3. The number of ether oxygens (including phenoxy) is 1. The van der Waals surface area contributed by atoms with Crippen molar-refractivity contribution in [3.8, 4) is 0 Å². The number of hydrogen-bond acceptors (Lipinski definition) is 5. The number of benzene rings is 1. The molecule has 0 amide bonds. The molecule has 0 bridgehead atoms. The van der Waals surface area contributed by atoms with Gasteiger partial charge >= 0.3 is 0 Å². The molecule has 0 unspecified atom stereocenters. The van der Waals surface area contributed by atoms with Gasteiger partial charge in [-0.1, -0.05) is 30.3 Å². The van der Waals surface area contributed by atoms with Crippen molar-refractivity contribution in [1.29, 1.82) is 0 Å². The van der Waals surface area contributed by atoms with Gasteiger partial charge in [-0.2, -0.15) is 0 Å². The molecule has 0 aliphatic carbocycles. The van der Waals surface area contributed by atoms with Crippen LogP contribution in [0.25, 0.3) is 0 Å². The largest absolute Gasteiger partial charge is 0.384 e. The molecule has 5 heteroatoms. The lowest BCUT2D eigenvalue weighted by molar-refractivity contribution is 0.197. The molecule has 5 nitrogen and oxygen atoms in total. The third-order valence-electron chi connectivity index (χ3n) is 5.90. The van der Waals surface area contributed by atoms with Crippen molar-refractivity contribution < 1.29 is 4.74 Å². The zero-order valence-electron chi connectivity index (χ0n) is 18.6. The Bertz CT molecular complexity index is 959. The van der Waals surface area contributed by atoms with Crippen LogP contribution in [0.4, 0.5) is 0 Å². The molecular formula is C26H32N4O. The Hall–Kier alpha value is -2.63. The number of hydrogen-bond donors (Lipinski definition) is 0. The minimum atomic E-state index is 0.477. The maximum atomic E-state index is 5.11. The molecule has 1 aromatic carbocycles. The average molecular weight is 417 g/mol. The Morgan fingerprint density at radius 2 is 1.84 bits per heavy atom. The number of pyridine rings is 1. The fourth-order valence-electron chi connectivity index (χ4n) is 4.40. The van der Waals surface area contributed by atoms with Crippen molar-refractivity contribution in [2.45, 2.75) is 45.1 Å². The molecule has 0 radical (unpaired) electrons. The molecule has 1 aliphatic heterocycles.